The molecule has 0 bridgehead atoms. The minimum absolute atomic E-state index is 0.106. The van der Waals surface area contributed by atoms with Gasteiger partial charge in [0.15, 0.2) is 11.5 Å². The first-order valence-corrected chi connectivity index (χ1v) is 8.27. The molecule has 1 heterocycles. The van der Waals surface area contributed by atoms with Crippen molar-refractivity contribution in [1.29, 1.82) is 0 Å². The molecule has 2 aromatic carbocycles. The number of amides is 1. The lowest BCUT2D eigenvalue weighted by molar-refractivity contribution is 0.0954. The molecule has 138 valence electrons. The molecule has 1 amide bonds. The molecule has 7 nitrogen and oxygen atoms in total. The standard InChI is InChI=1S/C20H18N2O5/c1-11(2)12-4-6-18-15(7-12)19(25)14(10-27-18)9-21-22-20(26)13-3-5-16(23)17(24)8-13/h3-11,23-24H,1-2H3,(H,22,26)/b21-9+. The van der Waals surface area contributed by atoms with E-state index < -0.39 is 11.7 Å². The van der Waals surface area contributed by atoms with Crippen LogP contribution in [-0.2, 0) is 0 Å². The normalized spacial score (nSPS) is 11.4. The van der Waals surface area contributed by atoms with Crippen LogP contribution in [0, 0.1) is 0 Å². The second kappa shape index (κ2) is 7.33. The van der Waals surface area contributed by atoms with Gasteiger partial charge in [-0.1, -0.05) is 19.9 Å². The summed E-state index contributed by atoms with van der Waals surface area (Å²) in [4.78, 5) is 24.6. The number of rotatable bonds is 4. The summed E-state index contributed by atoms with van der Waals surface area (Å²) in [5, 5.41) is 22.9. The van der Waals surface area contributed by atoms with Crippen LogP contribution in [0.3, 0.4) is 0 Å². The smallest absolute Gasteiger partial charge is 0.271 e. The number of hydrogen-bond acceptors (Lipinski definition) is 6. The minimum Gasteiger partial charge on any atom is -0.504 e. The molecular weight excluding hydrogens is 348 g/mol. The van der Waals surface area contributed by atoms with Gasteiger partial charge in [0.05, 0.1) is 17.2 Å². The molecule has 0 spiro atoms. The fourth-order valence-corrected chi connectivity index (χ4v) is 2.50. The summed E-state index contributed by atoms with van der Waals surface area (Å²) in [6.45, 7) is 4.06. The SMILES string of the molecule is CC(C)c1ccc2occ(/C=N/NC(=O)c3ccc(O)c(O)c3)c(=O)c2c1. The Bertz CT molecular complexity index is 1100. The number of phenols is 2. The van der Waals surface area contributed by atoms with Gasteiger partial charge in [0.25, 0.3) is 5.91 Å². The van der Waals surface area contributed by atoms with Gasteiger partial charge in [0.2, 0.25) is 5.43 Å². The van der Waals surface area contributed by atoms with Crippen LogP contribution in [0.15, 0.2) is 57.0 Å². The van der Waals surface area contributed by atoms with Crippen molar-refractivity contribution in [3.05, 3.63) is 69.6 Å². The topological polar surface area (TPSA) is 112 Å². The summed E-state index contributed by atoms with van der Waals surface area (Å²) < 4.78 is 5.46. The van der Waals surface area contributed by atoms with Crippen LogP contribution in [0.25, 0.3) is 11.0 Å². The fourth-order valence-electron chi connectivity index (χ4n) is 2.50. The Morgan fingerprint density at radius 2 is 1.93 bits per heavy atom. The molecule has 0 aliphatic carbocycles. The molecule has 7 heteroatoms. The lowest BCUT2D eigenvalue weighted by atomic mass is 10.0. The van der Waals surface area contributed by atoms with E-state index in [-0.39, 0.29) is 28.2 Å². The Balaban J connectivity index is 1.83. The highest BCUT2D eigenvalue weighted by Crippen LogP contribution is 2.24. The predicted octanol–water partition coefficient (Wildman–Crippen LogP) is 3.09. The van der Waals surface area contributed by atoms with E-state index in [2.05, 4.69) is 10.5 Å². The van der Waals surface area contributed by atoms with Gasteiger partial charge < -0.3 is 14.6 Å². The molecular formula is C20H18N2O5. The van der Waals surface area contributed by atoms with Crippen molar-refractivity contribution in [2.75, 3.05) is 0 Å². The van der Waals surface area contributed by atoms with E-state index >= 15 is 0 Å². The number of nitrogens with one attached hydrogen (secondary N) is 1. The van der Waals surface area contributed by atoms with Gasteiger partial charge in [-0.05, 0) is 41.8 Å². The van der Waals surface area contributed by atoms with E-state index in [0.29, 0.717) is 11.0 Å². The third-order valence-corrected chi connectivity index (χ3v) is 4.10. The Kier molecular flexibility index (Phi) is 4.94. The van der Waals surface area contributed by atoms with Gasteiger partial charge >= 0.3 is 0 Å². The van der Waals surface area contributed by atoms with Crippen LogP contribution in [-0.4, -0.2) is 22.3 Å². The van der Waals surface area contributed by atoms with Gasteiger partial charge in [-0.25, -0.2) is 5.43 Å². The maximum absolute atomic E-state index is 12.6. The van der Waals surface area contributed by atoms with Crippen LogP contribution in [0.5, 0.6) is 11.5 Å². The van der Waals surface area contributed by atoms with Gasteiger partial charge in [-0.2, -0.15) is 5.10 Å². The van der Waals surface area contributed by atoms with Crippen molar-refractivity contribution in [1.82, 2.24) is 5.43 Å². The summed E-state index contributed by atoms with van der Waals surface area (Å²) in [5.41, 5.74) is 3.80. The van der Waals surface area contributed by atoms with Crippen LogP contribution >= 0.6 is 0 Å². The molecule has 0 unspecified atom stereocenters. The highest BCUT2D eigenvalue weighted by molar-refractivity contribution is 5.95. The van der Waals surface area contributed by atoms with E-state index in [9.17, 15) is 19.8 Å². The van der Waals surface area contributed by atoms with Crippen molar-refractivity contribution in [3.8, 4) is 11.5 Å². The van der Waals surface area contributed by atoms with Gasteiger partial charge in [-0.15, -0.1) is 0 Å². The molecule has 0 atom stereocenters. The van der Waals surface area contributed by atoms with Crippen molar-refractivity contribution in [2.45, 2.75) is 19.8 Å². The van der Waals surface area contributed by atoms with E-state index in [0.717, 1.165) is 11.6 Å². The lowest BCUT2D eigenvalue weighted by Gasteiger charge is -2.06. The maximum atomic E-state index is 12.6. The molecule has 3 aromatic rings. The third kappa shape index (κ3) is 3.82. The highest BCUT2D eigenvalue weighted by atomic mass is 16.3. The number of phenolic OH excluding ortho intramolecular Hbond substituents is 2. The molecule has 1 aromatic heterocycles. The Labute approximate surface area is 154 Å². The number of nitrogens with zero attached hydrogens (tertiary/aromatic N) is 1. The Morgan fingerprint density at radius 1 is 1.15 bits per heavy atom. The van der Waals surface area contributed by atoms with E-state index in [1.54, 1.807) is 12.1 Å². The first-order valence-electron chi connectivity index (χ1n) is 8.27. The number of carbonyl (C=O) groups excluding carboxylic acids is 1. The van der Waals surface area contributed by atoms with Gasteiger partial charge in [0.1, 0.15) is 11.8 Å². The summed E-state index contributed by atoms with van der Waals surface area (Å²) in [6.07, 6.45) is 2.48. The number of carbonyl (C=O) groups is 1. The quantitative estimate of drug-likeness (QED) is 0.373. The van der Waals surface area contributed by atoms with E-state index in [1.807, 2.05) is 19.9 Å². The molecule has 3 rings (SSSR count). The number of aromatic hydroxyl groups is 2. The molecule has 3 N–H and O–H groups in total. The molecule has 0 aliphatic rings. The van der Waals surface area contributed by atoms with Crippen molar-refractivity contribution < 1.29 is 19.4 Å². The van der Waals surface area contributed by atoms with Crippen molar-refractivity contribution in [3.63, 3.8) is 0 Å². The fraction of sp³-hybridized carbons (Fsp3) is 0.150. The van der Waals surface area contributed by atoms with Crippen LogP contribution in [0.2, 0.25) is 0 Å². The Morgan fingerprint density at radius 3 is 2.63 bits per heavy atom. The van der Waals surface area contributed by atoms with Crippen LogP contribution < -0.4 is 10.9 Å². The average molecular weight is 366 g/mol. The molecule has 0 saturated heterocycles. The number of fused-ring (bicyclic) bond motifs is 1. The zero-order valence-corrected chi connectivity index (χ0v) is 14.8. The first-order chi connectivity index (χ1) is 12.9. The summed E-state index contributed by atoms with van der Waals surface area (Å²) in [6, 6.07) is 9.10. The average Bonchev–Trinajstić information content (AvgIpc) is 2.65. The molecule has 27 heavy (non-hydrogen) atoms. The van der Waals surface area contributed by atoms with Crippen LogP contribution in [0.4, 0.5) is 0 Å². The second-order valence-corrected chi connectivity index (χ2v) is 6.33. The minimum atomic E-state index is -0.603. The first kappa shape index (κ1) is 18.2. The summed E-state index contributed by atoms with van der Waals surface area (Å²) in [7, 11) is 0. The zero-order chi connectivity index (χ0) is 19.6. The summed E-state index contributed by atoms with van der Waals surface area (Å²) in [5.74, 6) is -1.08. The zero-order valence-electron chi connectivity index (χ0n) is 14.8. The van der Waals surface area contributed by atoms with Crippen molar-refractivity contribution >= 4 is 23.1 Å². The van der Waals surface area contributed by atoms with E-state index in [4.69, 9.17) is 4.42 Å². The van der Waals surface area contributed by atoms with Crippen LogP contribution in [0.1, 0.15) is 41.3 Å². The number of hydrogen-bond donors (Lipinski definition) is 3. The Hall–Kier alpha value is -3.61. The lowest BCUT2D eigenvalue weighted by Crippen LogP contribution is -2.18. The maximum Gasteiger partial charge on any atom is 0.271 e. The van der Waals surface area contributed by atoms with Gasteiger partial charge in [0, 0.05) is 5.56 Å². The largest absolute Gasteiger partial charge is 0.504 e. The van der Waals surface area contributed by atoms with Crippen molar-refractivity contribution in [2.24, 2.45) is 5.10 Å². The highest BCUT2D eigenvalue weighted by Gasteiger charge is 2.10. The second-order valence-electron chi connectivity index (χ2n) is 6.33. The number of benzene rings is 2. The van der Waals surface area contributed by atoms with E-state index in [1.165, 1.54) is 24.6 Å². The molecule has 0 saturated carbocycles. The third-order valence-electron chi connectivity index (χ3n) is 4.10. The monoisotopic (exact) mass is 366 g/mol. The molecule has 0 aliphatic heterocycles. The predicted molar refractivity (Wildman–Crippen MR) is 101 cm³/mol. The number of hydrazone groups is 1. The molecule has 0 fully saturated rings. The van der Waals surface area contributed by atoms with Gasteiger partial charge in [-0.3, -0.25) is 9.59 Å². The molecule has 0 radical (unpaired) electrons. The summed E-state index contributed by atoms with van der Waals surface area (Å²) >= 11 is 0.